The van der Waals surface area contributed by atoms with Crippen LogP contribution in [0.2, 0.25) is 10.0 Å². The van der Waals surface area contributed by atoms with Gasteiger partial charge in [-0.2, -0.15) is 0 Å². The number of nitrogens with one attached hydrogen (secondary N) is 1. The number of benzene rings is 1. The van der Waals surface area contributed by atoms with Gasteiger partial charge >= 0.3 is 0 Å². The predicted octanol–water partition coefficient (Wildman–Crippen LogP) is 4.76. The Morgan fingerprint density at radius 1 is 1.09 bits per heavy atom. The number of amides is 1. The first-order valence-corrected chi connectivity index (χ1v) is 8.36. The van der Waals surface area contributed by atoms with Gasteiger partial charge in [-0.1, -0.05) is 23.2 Å². The number of hydrogen-bond acceptors (Lipinski definition) is 3. The fourth-order valence-electron chi connectivity index (χ4n) is 2.61. The van der Waals surface area contributed by atoms with E-state index in [2.05, 4.69) is 10.3 Å². The van der Waals surface area contributed by atoms with E-state index in [0.717, 1.165) is 25.9 Å². The molecule has 1 fully saturated rings. The van der Waals surface area contributed by atoms with Crippen LogP contribution in [0.25, 0.3) is 0 Å². The lowest BCUT2D eigenvalue weighted by Crippen LogP contribution is -2.35. The molecule has 1 amide bonds. The molecule has 1 aliphatic heterocycles. The highest BCUT2D eigenvalue weighted by Crippen LogP contribution is 2.27. The number of carbonyl (C=O) groups excluding carboxylic acids is 1. The van der Waals surface area contributed by atoms with Crippen LogP contribution in [0.3, 0.4) is 0 Å². The first-order valence-electron chi connectivity index (χ1n) is 7.61. The number of carbonyl (C=O) groups is 1. The zero-order valence-electron chi connectivity index (χ0n) is 12.6. The first kappa shape index (κ1) is 16.1. The van der Waals surface area contributed by atoms with Gasteiger partial charge < -0.3 is 10.2 Å². The molecule has 1 aromatic heterocycles. The highest BCUT2D eigenvalue weighted by atomic mass is 35.5. The summed E-state index contributed by atoms with van der Waals surface area (Å²) in [7, 11) is 0. The molecule has 4 nitrogen and oxygen atoms in total. The average molecular weight is 350 g/mol. The van der Waals surface area contributed by atoms with Crippen LogP contribution in [0.1, 0.15) is 29.6 Å². The standard InChI is InChI=1S/C17H17Cl2N3O/c18-13-5-6-14(19)15(10-13)21-16-7-4-12(11-20-16)17(23)22-8-2-1-3-9-22/h4-7,10-11H,1-3,8-9H2,(H,20,21). The number of piperidine rings is 1. The van der Waals surface area contributed by atoms with E-state index >= 15 is 0 Å². The SMILES string of the molecule is O=C(c1ccc(Nc2cc(Cl)ccc2Cl)nc1)N1CCCCC1. The van der Waals surface area contributed by atoms with Crippen LogP contribution in [0, 0.1) is 0 Å². The van der Waals surface area contributed by atoms with Crippen molar-refractivity contribution in [3.63, 3.8) is 0 Å². The molecule has 2 heterocycles. The summed E-state index contributed by atoms with van der Waals surface area (Å²) in [5.74, 6) is 0.661. The molecule has 0 aliphatic carbocycles. The molecule has 0 atom stereocenters. The molecule has 0 radical (unpaired) electrons. The Balaban J connectivity index is 1.71. The van der Waals surface area contributed by atoms with E-state index in [1.165, 1.54) is 6.42 Å². The molecule has 3 rings (SSSR count). The Bertz CT molecular complexity index is 697. The number of rotatable bonds is 3. The van der Waals surface area contributed by atoms with Crippen molar-refractivity contribution in [3.8, 4) is 0 Å². The van der Waals surface area contributed by atoms with Gasteiger partial charge in [-0.25, -0.2) is 4.98 Å². The van der Waals surface area contributed by atoms with Crippen molar-refractivity contribution in [2.45, 2.75) is 19.3 Å². The monoisotopic (exact) mass is 349 g/mol. The van der Waals surface area contributed by atoms with Gasteiger partial charge in [-0.15, -0.1) is 0 Å². The van der Waals surface area contributed by atoms with Crippen molar-refractivity contribution in [1.82, 2.24) is 9.88 Å². The van der Waals surface area contributed by atoms with Crippen molar-refractivity contribution < 1.29 is 4.79 Å². The average Bonchev–Trinajstić information content (AvgIpc) is 2.59. The summed E-state index contributed by atoms with van der Waals surface area (Å²) in [6, 6.07) is 8.74. The van der Waals surface area contributed by atoms with Crippen LogP contribution in [0.15, 0.2) is 36.5 Å². The summed E-state index contributed by atoms with van der Waals surface area (Å²) in [5, 5.41) is 4.26. The van der Waals surface area contributed by atoms with E-state index < -0.39 is 0 Å². The maximum absolute atomic E-state index is 12.4. The van der Waals surface area contributed by atoms with E-state index in [9.17, 15) is 4.79 Å². The normalized spacial score (nSPS) is 14.6. The molecule has 1 N–H and O–H groups in total. The van der Waals surface area contributed by atoms with Crippen molar-refractivity contribution in [3.05, 3.63) is 52.1 Å². The minimum Gasteiger partial charge on any atom is -0.339 e. The fraction of sp³-hybridized carbons (Fsp3) is 0.294. The molecule has 2 aromatic rings. The Morgan fingerprint density at radius 2 is 1.87 bits per heavy atom. The maximum atomic E-state index is 12.4. The molecular formula is C17H17Cl2N3O. The van der Waals surface area contributed by atoms with Crippen LogP contribution in [0.4, 0.5) is 11.5 Å². The molecular weight excluding hydrogens is 333 g/mol. The van der Waals surface area contributed by atoms with Gasteiger partial charge in [0, 0.05) is 24.3 Å². The smallest absolute Gasteiger partial charge is 0.255 e. The molecule has 0 spiro atoms. The molecule has 23 heavy (non-hydrogen) atoms. The molecule has 1 aromatic carbocycles. The minimum absolute atomic E-state index is 0.0459. The zero-order valence-corrected chi connectivity index (χ0v) is 14.1. The molecule has 1 aliphatic rings. The van der Waals surface area contributed by atoms with E-state index in [1.807, 2.05) is 4.90 Å². The molecule has 0 unspecified atom stereocenters. The predicted molar refractivity (Wildman–Crippen MR) is 93.7 cm³/mol. The van der Waals surface area contributed by atoms with E-state index in [0.29, 0.717) is 27.1 Å². The Hall–Kier alpha value is -1.78. The maximum Gasteiger partial charge on any atom is 0.255 e. The molecule has 1 saturated heterocycles. The lowest BCUT2D eigenvalue weighted by Gasteiger charge is -2.26. The van der Waals surface area contributed by atoms with Crippen LogP contribution < -0.4 is 5.32 Å². The largest absolute Gasteiger partial charge is 0.339 e. The first-order chi connectivity index (χ1) is 11.1. The summed E-state index contributed by atoms with van der Waals surface area (Å²) in [5.41, 5.74) is 1.29. The number of aromatic nitrogens is 1. The summed E-state index contributed by atoms with van der Waals surface area (Å²) < 4.78 is 0. The molecule has 6 heteroatoms. The number of likely N-dealkylation sites (tertiary alicyclic amines) is 1. The van der Waals surface area contributed by atoms with E-state index in [-0.39, 0.29) is 5.91 Å². The minimum atomic E-state index is 0.0459. The van der Waals surface area contributed by atoms with Crippen molar-refractivity contribution in [2.75, 3.05) is 18.4 Å². The van der Waals surface area contributed by atoms with Gasteiger partial charge in [-0.05, 0) is 49.6 Å². The van der Waals surface area contributed by atoms with Crippen LogP contribution in [0.5, 0.6) is 0 Å². The second-order valence-electron chi connectivity index (χ2n) is 5.53. The lowest BCUT2D eigenvalue weighted by atomic mass is 10.1. The van der Waals surface area contributed by atoms with E-state index in [4.69, 9.17) is 23.2 Å². The van der Waals surface area contributed by atoms with Crippen molar-refractivity contribution >= 4 is 40.6 Å². The van der Waals surface area contributed by atoms with E-state index in [1.54, 1.807) is 36.5 Å². The van der Waals surface area contributed by atoms with Gasteiger partial charge in [0.25, 0.3) is 5.91 Å². The molecule has 0 saturated carbocycles. The third-order valence-corrected chi connectivity index (χ3v) is 4.41. The van der Waals surface area contributed by atoms with Crippen molar-refractivity contribution in [2.24, 2.45) is 0 Å². The summed E-state index contributed by atoms with van der Waals surface area (Å²) in [4.78, 5) is 18.6. The second kappa shape index (κ2) is 7.20. The Labute approximate surface area is 145 Å². The zero-order chi connectivity index (χ0) is 16.2. The van der Waals surface area contributed by atoms with Crippen LogP contribution >= 0.6 is 23.2 Å². The van der Waals surface area contributed by atoms with Gasteiger partial charge in [0.05, 0.1) is 16.3 Å². The third kappa shape index (κ3) is 3.95. The number of pyridine rings is 1. The van der Waals surface area contributed by atoms with Crippen molar-refractivity contribution in [1.29, 1.82) is 0 Å². The molecule has 0 bridgehead atoms. The van der Waals surface area contributed by atoms with Gasteiger partial charge in [-0.3, -0.25) is 4.79 Å². The Morgan fingerprint density at radius 3 is 2.57 bits per heavy atom. The summed E-state index contributed by atoms with van der Waals surface area (Å²) in [6.07, 6.45) is 4.95. The topological polar surface area (TPSA) is 45.2 Å². The number of anilines is 2. The summed E-state index contributed by atoms with van der Waals surface area (Å²) in [6.45, 7) is 1.66. The molecule has 120 valence electrons. The van der Waals surface area contributed by atoms with Crippen LogP contribution in [-0.2, 0) is 0 Å². The highest BCUT2D eigenvalue weighted by Gasteiger charge is 2.18. The number of nitrogens with zero attached hydrogens (tertiary/aromatic N) is 2. The Kier molecular flexibility index (Phi) is 5.03. The second-order valence-corrected chi connectivity index (χ2v) is 6.38. The van der Waals surface area contributed by atoms with Crippen LogP contribution in [-0.4, -0.2) is 28.9 Å². The fourth-order valence-corrected chi connectivity index (χ4v) is 2.94. The third-order valence-electron chi connectivity index (χ3n) is 3.84. The quantitative estimate of drug-likeness (QED) is 0.868. The van der Waals surface area contributed by atoms with Gasteiger partial charge in [0.15, 0.2) is 0 Å². The summed E-state index contributed by atoms with van der Waals surface area (Å²) >= 11 is 12.1. The highest BCUT2D eigenvalue weighted by molar-refractivity contribution is 6.35. The van der Waals surface area contributed by atoms with Gasteiger partial charge in [0.2, 0.25) is 0 Å². The lowest BCUT2D eigenvalue weighted by molar-refractivity contribution is 0.0724. The number of hydrogen-bond donors (Lipinski definition) is 1. The number of halogens is 2. The van der Waals surface area contributed by atoms with Gasteiger partial charge in [0.1, 0.15) is 5.82 Å².